The molecule has 0 aliphatic rings. The second-order valence-corrected chi connectivity index (χ2v) is 4.44. The van der Waals surface area contributed by atoms with Crippen molar-refractivity contribution in [3.63, 3.8) is 0 Å². The lowest BCUT2D eigenvalue weighted by Gasteiger charge is -2.11. The molecule has 54 valence electrons. The van der Waals surface area contributed by atoms with Crippen LogP contribution in [-0.2, 0) is 9.36 Å². The van der Waals surface area contributed by atoms with Gasteiger partial charge < -0.3 is 9.79 Å². The first-order valence-electron chi connectivity index (χ1n) is 2.40. The predicted octanol–water partition coefficient (Wildman–Crippen LogP) is -0.0677. The van der Waals surface area contributed by atoms with Crippen molar-refractivity contribution in [1.82, 2.24) is 4.90 Å². The molecule has 0 fully saturated rings. The summed E-state index contributed by atoms with van der Waals surface area (Å²) in [5.74, 6) is 0. The van der Waals surface area contributed by atoms with E-state index in [2.05, 4.69) is 0 Å². The highest BCUT2D eigenvalue weighted by Gasteiger charge is 2.10. The maximum atomic E-state index is 10.5. The SMILES string of the molecule is CN(C=O)CP(C)(=O)O. The summed E-state index contributed by atoms with van der Waals surface area (Å²) in [4.78, 5) is 19.7. The molecular formula is C4H10NO3P. The van der Waals surface area contributed by atoms with Crippen LogP contribution in [-0.4, -0.2) is 36.2 Å². The van der Waals surface area contributed by atoms with Crippen molar-refractivity contribution in [2.75, 3.05) is 20.0 Å². The van der Waals surface area contributed by atoms with E-state index >= 15 is 0 Å². The van der Waals surface area contributed by atoms with Gasteiger partial charge in [0.05, 0.1) is 6.29 Å². The summed E-state index contributed by atoms with van der Waals surface area (Å²) < 4.78 is 10.5. The topological polar surface area (TPSA) is 57.6 Å². The largest absolute Gasteiger partial charge is 0.343 e. The Balaban J connectivity index is 3.74. The number of carbonyl (C=O) groups excluding carboxylic acids is 1. The van der Waals surface area contributed by atoms with Gasteiger partial charge in [-0.05, 0) is 0 Å². The van der Waals surface area contributed by atoms with E-state index in [1.54, 1.807) is 0 Å². The minimum absolute atomic E-state index is 0.0729. The zero-order chi connectivity index (χ0) is 7.49. The fraction of sp³-hybridized carbons (Fsp3) is 0.750. The van der Waals surface area contributed by atoms with Crippen LogP contribution in [0.15, 0.2) is 0 Å². The molecule has 1 N–H and O–H groups in total. The lowest BCUT2D eigenvalue weighted by molar-refractivity contribution is -0.116. The molecule has 1 amide bonds. The summed E-state index contributed by atoms with van der Waals surface area (Å²) in [6.45, 7) is 1.22. The monoisotopic (exact) mass is 151 g/mol. The van der Waals surface area contributed by atoms with Crippen LogP contribution in [0.2, 0.25) is 0 Å². The Morgan fingerprint density at radius 3 is 2.33 bits per heavy atom. The van der Waals surface area contributed by atoms with E-state index in [-0.39, 0.29) is 6.29 Å². The Bertz CT molecular complexity index is 141. The minimum atomic E-state index is -3.04. The summed E-state index contributed by atoms with van der Waals surface area (Å²) in [5.41, 5.74) is 0. The number of rotatable bonds is 3. The average molecular weight is 151 g/mol. The van der Waals surface area contributed by atoms with Gasteiger partial charge in [-0.1, -0.05) is 0 Å². The maximum absolute atomic E-state index is 10.5. The Hall–Kier alpha value is -0.340. The number of hydrogen-bond acceptors (Lipinski definition) is 2. The highest BCUT2D eigenvalue weighted by Crippen LogP contribution is 2.34. The summed E-state index contributed by atoms with van der Waals surface area (Å²) in [7, 11) is -1.59. The summed E-state index contributed by atoms with van der Waals surface area (Å²) in [5, 5.41) is 0. The Labute approximate surface area is 53.9 Å². The van der Waals surface area contributed by atoms with E-state index in [1.165, 1.54) is 13.7 Å². The fourth-order valence-corrected chi connectivity index (χ4v) is 1.34. The molecular weight excluding hydrogens is 141 g/mol. The molecule has 0 aliphatic carbocycles. The molecule has 0 aromatic rings. The first-order valence-corrected chi connectivity index (χ1v) is 4.70. The minimum Gasteiger partial charge on any atom is -0.343 e. The van der Waals surface area contributed by atoms with Crippen LogP contribution in [0.3, 0.4) is 0 Å². The van der Waals surface area contributed by atoms with E-state index in [0.29, 0.717) is 6.41 Å². The highest BCUT2D eigenvalue weighted by molar-refractivity contribution is 7.57. The third-order valence-electron chi connectivity index (χ3n) is 0.665. The van der Waals surface area contributed by atoms with Crippen molar-refractivity contribution >= 4 is 13.8 Å². The molecule has 0 aromatic heterocycles. The molecule has 0 aliphatic heterocycles. The van der Waals surface area contributed by atoms with Crippen LogP contribution in [0, 0.1) is 0 Å². The third kappa shape index (κ3) is 5.53. The Morgan fingerprint density at radius 1 is 1.78 bits per heavy atom. The summed E-state index contributed by atoms with van der Waals surface area (Å²) >= 11 is 0. The lowest BCUT2D eigenvalue weighted by Crippen LogP contribution is -2.16. The average Bonchev–Trinajstić information content (AvgIpc) is 1.62. The van der Waals surface area contributed by atoms with Gasteiger partial charge in [-0.2, -0.15) is 0 Å². The van der Waals surface area contributed by atoms with Crippen molar-refractivity contribution in [3.05, 3.63) is 0 Å². The van der Waals surface area contributed by atoms with E-state index in [9.17, 15) is 9.36 Å². The second kappa shape index (κ2) is 2.99. The van der Waals surface area contributed by atoms with Crippen molar-refractivity contribution in [3.8, 4) is 0 Å². The van der Waals surface area contributed by atoms with Gasteiger partial charge in [0.15, 0.2) is 0 Å². The lowest BCUT2D eigenvalue weighted by atomic mass is 11.0. The molecule has 0 saturated carbocycles. The maximum Gasteiger partial charge on any atom is 0.216 e. The first-order chi connectivity index (χ1) is 3.95. The molecule has 5 heteroatoms. The molecule has 4 nitrogen and oxygen atoms in total. The second-order valence-electron chi connectivity index (χ2n) is 2.05. The first kappa shape index (κ1) is 8.66. The fourth-order valence-electron chi connectivity index (χ4n) is 0.447. The van der Waals surface area contributed by atoms with Crippen LogP contribution >= 0.6 is 7.37 Å². The van der Waals surface area contributed by atoms with Gasteiger partial charge in [0.1, 0.15) is 0 Å². The number of nitrogens with zero attached hydrogens (tertiary/aromatic N) is 1. The molecule has 0 saturated heterocycles. The number of amides is 1. The Morgan fingerprint density at radius 2 is 2.22 bits per heavy atom. The van der Waals surface area contributed by atoms with Gasteiger partial charge >= 0.3 is 0 Å². The van der Waals surface area contributed by atoms with Crippen molar-refractivity contribution in [1.29, 1.82) is 0 Å². The van der Waals surface area contributed by atoms with Crippen LogP contribution in [0.25, 0.3) is 0 Å². The Kier molecular flexibility index (Phi) is 2.88. The van der Waals surface area contributed by atoms with Gasteiger partial charge in [-0.25, -0.2) is 0 Å². The molecule has 0 bridgehead atoms. The zero-order valence-electron chi connectivity index (χ0n) is 5.44. The molecule has 0 radical (unpaired) electrons. The van der Waals surface area contributed by atoms with E-state index in [1.807, 2.05) is 0 Å². The van der Waals surface area contributed by atoms with Crippen LogP contribution in [0.4, 0.5) is 0 Å². The van der Waals surface area contributed by atoms with Crippen molar-refractivity contribution < 1.29 is 14.3 Å². The third-order valence-corrected chi connectivity index (χ3v) is 1.64. The van der Waals surface area contributed by atoms with Crippen LogP contribution in [0.5, 0.6) is 0 Å². The van der Waals surface area contributed by atoms with Crippen molar-refractivity contribution in [2.45, 2.75) is 0 Å². The standard InChI is InChI=1S/C4H10NO3P/c1-5(3-6)4-9(2,7)8/h3H,4H2,1-2H3,(H,7,8). The van der Waals surface area contributed by atoms with Gasteiger partial charge in [0.25, 0.3) is 0 Å². The van der Waals surface area contributed by atoms with Crippen LogP contribution < -0.4 is 0 Å². The molecule has 0 spiro atoms. The highest BCUT2D eigenvalue weighted by atomic mass is 31.2. The summed E-state index contributed by atoms with van der Waals surface area (Å²) in [6, 6.07) is 0. The van der Waals surface area contributed by atoms with E-state index < -0.39 is 7.37 Å². The van der Waals surface area contributed by atoms with Crippen LogP contribution in [0.1, 0.15) is 0 Å². The van der Waals surface area contributed by atoms with Gasteiger partial charge in [0.2, 0.25) is 13.8 Å². The molecule has 0 aromatic carbocycles. The van der Waals surface area contributed by atoms with E-state index in [0.717, 1.165) is 4.90 Å². The number of hydrogen-bond donors (Lipinski definition) is 1. The molecule has 1 unspecified atom stereocenters. The van der Waals surface area contributed by atoms with Gasteiger partial charge in [-0.15, -0.1) is 0 Å². The van der Waals surface area contributed by atoms with E-state index in [4.69, 9.17) is 4.89 Å². The summed E-state index contributed by atoms with van der Waals surface area (Å²) in [6.07, 6.45) is 0.447. The molecule has 0 rings (SSSR count). The van der Waals surface area contributed by atoms with Gasteiger partial charge in [0, 0.05) is 13.7 Å². The molecule has 1 atom stereocenters. The normalized spacial score (nSPS) is 16.3. The quantitative estimate of drug-likeness (QED) is 0.453. The van der Waals surface area contributed by atoms with Crippen molar-refractivity contribution in [2.24, 2.45) is 0 Å². The smallest absolute Gasteiger partial charge is 0.216 e. The zero-order valence-corrected chi connectivity index (χ0v) is 6.34. The molecule has 9 heavy (non-hydrogen) atoms. The van der Waals surface area contributed by atoms with Gasteiger partial charge in [-0.3, -0.25) is 9.36 Å². The predicted molar refractivity (Wildman–Crippen MR) is 34.4 cm³/mol. The number of carbonyl (C=O) groups is 1. The molecule has 0 heterocycles.